The molecule has 0 radical (unpaired) electrons. The second-order valence-electron chi connectivity index (χ2n) is 2.90. The van der Waals surface area contributed by atoms with E-state index in [4.69, 9.17) is 12.2 Å². The Morgan fingerprint density at radius 1 is 1.31 bits per heavy atom. The Labute approximate surface area is 82.9 Å². The fourth-order valence-electron chi connectivity index (χ4n) is 1.34. The molecule has 1 heterocycles. The Bertz CT molecular complexity index is 312. The van der Waals surface area contributed by atoms with Crippen LogP contribution in [0.25, 0.3) is 0 Å². The van der Waals surface area contributed by atoms with Gasteiger partial charge < -0.3 is 5.32 Å². The molecule has 13 heavy (non-hydrogen) atoms. The Morgan fingerprint density at radius 3 is 2.54 bits per heavy atom. The van der Waals surface area contributed by atoms with Gasteiger partial charge in [-0.25, -0.2) is 0 Å². The van der Waals surface area contributed by atoms with Gasteiger partial charge in [-0.1, -0.05) is 18.2 Å². The average molecular weight is 193 g/mol. The zero-order valence-electron chi connectivity index (χ0n) is 7.40. The second-order valence-corrected chi connectivity index (χ2v) is 3.29. The summed E-state index contributed by atoms with van der Waals surface area (Å²) >= 11 is 5.09. The number of rotatable bonds is 1. The molecule has 1 aromatic carbocycles. The molecule has 1 fully saturated rings. The van der Waals surface area contributed by atoms with E-state index in [0.29, 0.717) is 0 Å². The second kappa shape index (κ2) is 3.22. The van der Waals surface area contributed by atoms with Gasteiger partial charge in [-0.2, -0.15) is 0 Å². The van der Waals surface area contributed by atoms with Crippen LogP contribution in [0.2, 0.25) is 0 Å². The molecule has 0 spiro atoms. The number of hydrogen-bond acceptors (Lipinski definition) is 2. The minimum atomic E-state index is 0.749. The first kappa shape index (κ1) is 8.31. The molecular formula is C9H11N3S. The minimum absolute atomic E-state index is 0.749. The van der Waals surface area contributed by atoms with E-state index in [9.17, 15) is 0 Å². The van der Waals surface area contributed by atoms with Crippen molar-refractivity contribution in [3.05, 3.63) is 30.3 Å². The van der Waals surface area contributed by atoms with Crippen LogP contribution >= 0.6 is 12.2 Å². The van der Waals surface area contributed by atoms with Gasteiger partial charge in [-0.15, -0.1) is 0 Å². The van der Waals surface area contributed by atoms with E-state index < -0.39 is 0 Å². The highest BCUT2D eigenvalue weighted by molar-refractivity contribution is 7.80. The standard InChI is InChI=1S/C9H11N3S/c1-11-9(13)10-7-12(11)8-5-3-2-4-6-8/h2-6H,7H2,1H3,(H,10,13). The summed E-state index contributed by atoms with van der Waals surface area (Å²) in [7, 11) is 1.95. The van der Waals surface area contributed by atoms with Crippen molar-refractivity contribution in [2.75, 3.05) is 18.7 Å². The minimum Gasteiger partial charge on any atom is -0.342 e. The van der Waals surface area contributed by atoms with Crippen molar-refractivity contribution in [1.82, 2.24) is 10.3 Å². The number of para-hydroxylation sites is 1. The van der Waals surface area contributed by atoms with Crippen molar-refractivity contribution in [2.45, 2.75) is 0 Å². The molecule has 0 amide bonds. The summed E-state index contributed by atoms with van der Waals surface area (Å²) in [6.45, 7) is 0.749. The fraction of sp³-hybridized carbons (Fsp3) is 0.222. The molecule has 0 aliphatic carbocycles. The Hall–Kier alpha value is -1.29. The van der Waals surface area contributed by atoms with Crippen molar-refractivity contribution in [3.63, 3.8) is 0 Å². The van der Waals surface area contributed by atoms with Crippen LogP contribution in [0, 0.1) is 0 Å². The van der Waals surface area contributed by atoms with Gasteiger partial charge in [-0.05, 0) is 24.4 Å². The van der Waals surface area contributed by atoms with Gasteiger partial charge in [0, 0.05) is 7.05 Å². The smallest absolute Gasteiger partial charge is 0.189 e. The number of nitrogens with one attached hydrogen (secondary N) is 1. The van der Waals surface area contributed by atoms with E-state index in [0.717, 1.165) is 17.5 Å². The number of hydrazine groups is 1. The average Bonchev–Trinajstić information content (AvgIpc) is 2.49. The third-order valence-electron chi connectivity index (χ3n) is 2.09. The summed E-state index contributed by atoms with van der Waals surface area (Å²) in [5, 5.41) is 7.89. The van der Waals surface area contributed by atoms with Gasteiger partial charge in [0.15, 0.2) is 5.11 Å². The molecular weight excluding hydrogens is 182 g/mol. The summed E-state index contributed by atoms with van der Waals surface area (Å²) in [5.74, 6) is 0. The van der Waals surface area contributed by atoms with Crippen molar-refractivity contribution < 1.29 is 0 Å². The molecule has 0 bridgehead atoms. The lowest BCUT2D eigenvalue weighted by Gasteiger charge is -2.24. The van der Waals surface area contributed by atoms with Gasteiger partial charge >= 0.3 is 0 Å². The van der Waals surface area contributed by atoms with Gasteiger partial charge in [-0.3, -0.25) is 10.0 Å². The molecule has 0 aromatic heterocycles. The van der Waals surface area contributed by atoms with E-state index >= 15 is 0 Å². The van der Waals surface area contributed by atoms with Crippen LogP contribution < -0.4 is 10.3 Å². The summed E-state index contributed by atoms with van der Waals surface area (Å²) in [4.78, 5) is 0. The molecule has 1 aromatic rings. The zero-order valence-corrected chi connectivity index (χ0v) is 8.21. The summed E-state index contributed by atoms with van der Waals surface area (Å²) in [6.07, 6.45) is 0. The van der Waals surface area contributed by atoms with E-state index in [2.05, 4.69) is 22.5 Å². The first-order valence-corrected chi connectivity index (χ1v) is 4.54. The summed E-state index contributed by atoms with van der Waals surface area (Å²) < 4.78 is 0. The van der Waals surface area contributed by atoms with Crippen LogP contribution in [0.1, 0.15) is 0 Å². The van der Waals surface area contributed by atoms with E-state index in [-0.39, 0.29) is 0 Å². The topological polar surface area (TPSA) is 18.5 Å². The third kappa shape index (κ3) is 1.45. The SMILES string of the molecule is CN1C(=S)NCN1c1ccccc1. The lowest BCUT2D eigenvalue weighted by Crippen LogP contribution is -2.34. The van der Waals surface area contributed by atoms with Gasteiger partial charge in [0.1, 0.15) is 6.67 Å². The first-order valence-electron chi connectivity index (χ1n) is 4.13. The van der Waals surface area contributed by atoms with Crippen LogP contribution in [-0.2, 0) is 0 Å². The van der Waals surface area contributed by atoms with Gasteiger partial charge in [0.05, 0.1) is 5.69 Å². The molecule has 4 heteroatoms. The van der Waals surface area contributed by atoms with Gasteiger partial charge in [0.25, 0.3) is 0 Å². The predicted molar refractivity (Wildman–Crippen MR) is 57.3 cm³/mol. The molecule has 3 nitrogen and oxygen atoms in total. The highest BCUT2D eigenvalue weighted by Crippen LogP contribution is 2.16. The maximum atomic E-state index is 5.09. The van der Waals surface area contributed by atoms with Crippen LogP contribution in [-0.4, -0.2) is 23.8 Å². The van der Waals surface area contributed by atoms with E-state index in [1.807, 2.05) is 30.3 Å². The van der Waals surface area contributed by atoms with Crippen LogP contribution in [0.3, 0.4) is 0 Å². The molecule has 0 unspecified atom stereocenters. The first-order chi connectivity index (χ1) is 6.29. The Balaban J connectivity index is 2.24. The molecule has 68 valence electrons. The van der Waals surface area contributed by atoms with Gasteiger partial charge in [0.2, 0.25) is 0 Å². The molecule has 0 atom stereocenters. The van der Waals surface area contributed by atoms with Crippen molar-refractivity contribution in [3.8, 4) is 0 Å². The highest BCUT2D eigenvalue weighted by Gasteiger charge is 2.21. The number of anilines is 1. The molecule has 1 saturated heterocycles. The Morgan fingerprint density at radius 2 is 2.00 bits per heavy atom. The summed E-state index contributed by atoms with van der Waals surface area (Å²) in [6, 6.07) is 10.2. The molecule has 1 N–H and O–H groups in total. The summed E-state index contributed by atoms with van der Waals surface area (Å²) in [5.41, 5.74) is 1.15. The normalized spacial score (nSPS) is 16.2. The number of thiocarbonyl (C=S) groups is 1. The van der Waals surface area contributed by atoms with Crippen molar-refractivity contribution >= 4 is 23.0 Å². The molecule has 0 saturated carbocycles. The monoisotopic (exact) mass is 193 g/mol. The number of nitrogens with zero attached hydrogens (tertiary/aromatic N) is 2. The third-order valence-corrected chi connectivity index (χ3v) is 2.50. The zero-order chi connectivity index (χ0) is 9.26. The maximum Gasteiger partial charge on any atom is 0.189 e. The maximum absolute atomic E-state index is 5.09. The van der Waals surface area contributed by atoms with Crippen LogP contribution in [0.5, 0.6) is 0 Å². The number of benzene rings is 1. The lowest BCUT2D eigenvalue weighted by molar-refractivity contribution is 0.511. The predicted octanol–water partition coefficient (Wildman–Crippen LogP) is 1.19. The number of hydrogen-bond donors (Lipinski definition) is 1. The lowest BCUT2D eigenvalue weighted by atomic mass is 10.3. The largest absolute Gasteiger partial charge is 0.342 e. The Kier molecular flexibility index (Phi) is 2.06. The molecule has 1 aliphatic rings. The fourth-order valence-corrected chi connectivity index (χ4v) is 1.50. The molecule has 2 rings (SSSR count). The van der Waals surface area contributed by atoms with E-state index in [1.54, 1.807) is 0 Å². The van der Waals surface area contributed by atoms with E-state index in [1.165, 1.54) is 0 Å². The highest BCUT2D eigenvalue weighted by atomic mass is 32.1. The molecule has 1 aliphatic heterocycles. The quantitative estimate of drug-likeness (QED) is 0.675. The van der Waals surface area contributed by atoms with Crippen LogP contribution in [0.15, 0.2) is 30.3 Å². The van der Waals surface area contributed by atoms with Crippen molar-refractivity contribution in [2.24, 2.45) is 0 Å². The van der Waals surface area contributed by atoms with Crippen molar-refractivity contribution in [1.29, 1.82) is 0 Å². The van der Waals surface area contributed by atoms with Crippen LogP contribution in [0.4, 0.5) is 5.69 Å².